The van der Waals surface area contributed by atoms with Crippen molar-refractivity contribution in [3.63, 3.8) is 0 Å². The number of rotatable bonds is 7. The number of carbonyl (C=O) groups excluding carboxylic acids is 1. The fraction of sp³-hybridized carbons (Fsp3) is 0.500. The third-order valence-corrected chi connectivity index (χ3v) is 3.23. The van der Waals surface area contributed by atoms with Gasteiger partial charge in [0.15, 0.2) is 0 Å². The highest BCUT2D eigenvalue weighted by Gasteiger charge is 2.06. The Morgan fingerprint density at radius 2 is 2.06 bits per heavy atom. The van der Waals surface area contributed by atoms with Crippen molar-refractivity contribution in [2.24, 2.45) is 5.92 Å². The van der Waals surface area contributed by atoms with E-state index < -0.39 is 0 Å². The maximum absolute atomic E-state index is 11.7. The summed E-state index contributed by atoms with van der Waals surface area (Å²) in [6, 6.07) is 7.58. The minimum Gasteiger partial charge on any atom is -0.497 e. The number of halogens is 1. The van der Waals surface area contributed by atoms with E-state index in [1.165, 1.54) is 0 Å². The molecule has 0 saturated carbocycles. The summed E-state index contributed by atoms with van der Waals surface area (Å²) in [6.07, 6.45) is 1.49. The van der Waals surface area contributed by atoms with Crippen LogP contribution in [0.5, 0.6) is 5.75 Å². The van der Waals surface area contributed by atoms with Crippen LogP contribution in [0, 0.1) is 5.92 Å². The van der Waals surface area contributed by atoms with Gasteiger partial charge in [0, 0.05) is 11.9 Å². The average molecular weight is 314 g/mol. The van der Waals surface area contributed by atoms with Crippen LogP contribution in [0.25, 0.3) is 0 Å². The van der Waals surface area contributed by atoms with Gasteiger partial charge in [0.1, 0.15) is 5.75 Å². The fourth-order valence-corrected chi connectivity index (χ4v) is 2.35. The van der Waals surface area contributed by atoms with Crippen molar-refractivity contribution in [3.8, 4) is 5.75 Å². The molecule has 0 spiro atoms. The van der Waals surface area contributed by atoms with Crippen LogP contribution in [0.1, 0.15) is 18.9 Å². The molecule has 4 heteroatoms. The SMILES string of the molecule is COc1ccc(CC(=O)NCC(C)CCBr)cc1. The third-order valence-electron chi connectivity index (χ3n) is 2.77. The second-order valence-corrected chi connectivity index (χ2v) is 5.20. The summed E-state index contributed by atoms with van der Waals surface area (Å²) in [5, 5.41) is 3.93. The first-order chi connectivity index (χ1) is 8.65. The Morgan fingerprint density at radius 1 is 1.39 bits per heavy atom. The molecule has 1 N–H and O–H groups in total. The van der Waals surface area contributed by atoms with E-state index in [1.807, 2.05) is 24.3 Å². The van der Waals surface area contributed by atoms with Crippen molar-refractivity contribution in [2.45, 2.75) is 19.8 Å². The number of hydrogen-bond donors (Lipinski definition) is 1. The Bertz CT molecular complexity index is 365. The summed E-state index contributed by atoms with van der Waals surface area (Å²) in [5.74, 6) is 1.39. The molecule has 0 aliphatic heterocycles. The molecule has 0 saturated heterocycles. The first-order valence-corrected chi connectivity index (χ1v) is 7.23. The second-order valence-electron chi connectivity index (χ2n) is 4.41. The van der Waals surface area contributed by atoms with Crippen molar-refractivity contribution < 1.29 is 9.53 Å². The van der Waals surface area contributed by atoms with Gasteiger partial charge in [-0.1, -0.05) is 35.0 Å². The number of ether oxygens (including phenoxy) is 1. The molecule has 1 aromatic carbocycles. The number of alkyl halides is 1. The molecule has 1 rings (SSSR count). The van der Waals surface area contributed by atoms with Crippen LogP contribution in [-0.2, 0) is 11.2 Å². The Morgan fingerprint density at radius 3 is 2.61 bits per heavy atom. The quantitative estimate of drug-likeness (QED) is 0.786. The number of carbonyl (C=O) groups is 1. The lowest BCUT2D eigenvalue weighted by Crippen LogP contribution is -2.29. The van der Waals surface area contributed by atoms with Crippen molar-refractivity contribution in [1.29, 1.82) is 0 Å². The second kappa shape index (κ2) is 8.14. The standard InChI is InChI=1S/C14H20BrNO2/c1-11(7-8-15)10-16-14(17)9-12-3-5-13(18-2)6-4-12/h3-6,11H,7-10H2,1-2H3,(H,16,17). The summed E-state index contributed by atoms with van der Waals surface area (Å²) in [4.78, 5) is 11.7. The van der Waals surface area contributed by atoms with Gasteiger partial charge in [-0.3, -0.25) is 4.79 Å². The van der Waals surface area contributed by atoms with Crippen molar-refractivity contribution >= 4 is 21.8 Å². The molecular formula is C14H20BrNO2. The predicted octanol–water partition coefficient (Wildman–Crippen LogP) is 2.78. The molecule has 18 heavy (non-hydrogen) atoms. The molecule has 0 fully saturated rings. The van der Waals surface area contributed by atoms with Gasteiger partial charge >= 0.3 is 0 Å². The van der Waals surface area contributed by atoms with Crippen molar-refractivity contribution in [1.82, 2.24) is 5.32 Å². The molecule has 1 aromatic rings. The summed E-state index contributed by atoms with van der Waals surface area (Å²) in [7, 11) is 1.63. The molecule has 0 aliphatic carbocycles. The molecule has 1 atom stereocenters. The molecule has 0 radical (unpaired) electrons. The fourth-order valence-electron chi connectivity index (χ4n) is 1.57. The molecular weight excluding hydrogens is 294 g/mol. The number of amides is 1. The van der Waals surface area contributed by atoms with E-state index in [2.05, 4.69) is 28.2 Å². The Labute approximate surface area is 117 Å². The van der Waals surface area contributed by atoms with Gasteiger partial charge in [-0.2, -0.15) is 0 Å². The molecule has 0 aliphatic rings. The Kier molecular flexibility index (Phi) is 6.80. The number of nitrogens with one attached hydrogen (secondary N) is 1. The third kappa shape index (κ3) is 5.54. The predicted molar refractivity (Wildman–Crippen MR) is 77.3 cm³/mol. The lowest BCUT2D eigenvalue weighted by Gasteiger charge is -2.11. The molecule has 0 aromatic heterocycles. The monoisotopic (exact) mass is 313 g/mol. The van der Waals surface area contributed by atoms with Gasteiger partial charge in [-0.25, -0.2) is 0 Å². The molecule has 0 bridgehead atoms. The van der Waals surface area contributed by atoms with Gasteiger partial charge in [0.25, 0.3) is 0 Å². The van der Waals surface area contributed by atoms with Crippen LogP contribution in [0.4, 0.5) is 0 Å². The summed E-state index contributed by atoms with van der Waals surface area (Å²) >= 11 is 3.40. The van der Waals surface area contributed by atoms with Gasteiger partial charge in [0.2, 0.25) is 5.91 Å². The number of methoxy groups -OCH3 is 1. The average Bonchev–Trinajstić information content (AvgIpc) is 2.38. The van der Waals surface area contributed by atoms with Crippen LogP contribution in [0.15, 0.2) is 24.3 Å². The highest BCUT2D eigenvalue weighted by molar-refractivity contribution is 9.09. The molecule has 100 valence electrons. The van der Waals surface area contributed by atoms with E-state index in [1.54, 1.807) is 7.11 Å². The lowest BCUT2D eigenvalue weighted by atomic mass is 10.1. The zero-order valence-electron chi connectivity index (χ0n) is 10.9. The van der Waals surface area contributed by atoms with Gasteiger partial charge in [-0.05, 0) is 30.0 Å². The Balaban J connectivity index is 2.35. The number of hydrogen-bond acceptors (Lipinski definition) is 2. The smallest absolute Gasteiger partial charge is 0.224 e. The van der Waals surface area contributed by atoms with Crippen molar-refractivity contribution in [2.75, 3.05) is 19.0 Å². The summed E-state index contributed by atoms with van der Waals surface area (Å²) in [5.41, 5.74) is 1.00. The largest absolute Gasteiger partial charge is 0.497 e. The zero-order chi connectivity index (χ0) is 13.4. The summed E-state index contributed by atoms with van der Waals surface area (Å²) < 4.78 is 5.08. The van der Waals surface area contributed by atoms with E-state index in [4.69, 9.17) is 4.74 Å². The van der Waals surface area contributed by atoms with Crippen LogP contribution in [-0.4, -0.2) is 24.9 Å². The lowest BCUT2D eigenvalue weighted by molar-refractivity contribution is -0.120. The van der Waals surface area contributed by atoms with Crippen LogP contribution in [0.2, 0.25) is 0 Å². The minimum atomic E-state index is 0.0709. The molecule has 1 unspecified atom stereocenters. The first kappa shape index (κ1) is 15.0. The van der Waals surface area contributed by atoms with E-state index in [0.29, 0.717) is 12.3 Å². The maximum Gasteiger partial charge on any atom is 0.224 e. The van der Waals surface area contributed by atoms with E-state index >= 15 is 0 Å². The van der Waals surface area contributed by atoms with E-state index in [0.717, 1.165) is 29.6 Å². The molecule has 1 amide bonds. The molecule has 3 nitrogen and oxygen atoms in total. The Hall–Kier alpha value is -1.03. The highest BCUT2D eigenvalue weighted by atomic mass is 79.9. The van der Waals surface area contributed by atoms with E-state index in [9.17, 15) is 4.79 Å². The summed E-state index contributed by atoms with van der Waals surface area (Å²) in [6.45, 7) is 2.87. The molecule has 0 heterocycles. The van der Waals surface area contributed by atoms with Crippen molar-refractivity contribution in [3.05, 3.63) is 29.8 Å². The maximum atomic E-state index is 11.7. The zero-order valence-corrected chi connectivity index (χ0v) is 12.5. The normalized spacial score (nSPS) is 11.9. The van der Waals surface area contributed by atoms with E-state index in [-0.39, 0.29) is 5.91 Å². The van der Waals surface area contributed by atoms with Gasteiger partial charge in [-0.15, -0.1) is 0 Å². The first-order valence-electron chi connectivity index (χ1n) is 6.11. The van der Waals surface area contributed by atoms with Gasteiger partial charge in [0.05, 0.1) is 13.5 Å². The minimum absolute atomic E-state index is 0.0709. The topological polar surface area (TPSA) is 38.3 Å². The van der Waals surface area contributed by atoms with Crippen LogP contribution in [0.3, 0.4) is 0 Å². The van der Waals surface area contributed by atoms with Crippen LogP contribution < -0.4 is 10.1 Å². The van der Waals surface area contributed by atoms with Gasteiger partial charge < -0.3 is 10.1 Å². The highest BCUT2D eigenvalue weighted by Crippen LogP contribution is 2.11. The number of benzene rings is 1. The van der Waals surface area contributed by atoms with Crippen LogP contribution >= 0.6 is 15.9 Å².